The Kier molecular flexibility index (Phi) is 5.04. The second-order valence-corrected chi connectivity index (χ2v) is 6.17. The minimum Gasteiger partial charge on any atom is -0.493 e. The highest BCUT2D eigenvalue weighted by atomic mass is 32.2. The normalized spacial score (nSPS) is 12.8. The Bertz CT molecular complexity index is 568. The molecule has 1 aromatic rings. The topological polar surface area (TPSA) is 69.4 Å². The second-order valence-electron chi connectivity index (χ2n) is 4.61. The van der Waals surface area contributed by atoms with Crippen molar-refractivity contribution in [2.24, 2.45) is 5.14 Å². The Balaban J connectivity index is 2.97. The van der Waals surface area contributed by atoms with Gasteiger partial charge in [-0.3, -0.25) is 0 Å². The standard InChI is InChI=1S/C12H16F3NO3S/c1-8(2)10-7-9(20(16,17)18)3-4-11(10)19-6-5-12(13,14)15/h3-4,7-8H,5-6H2,1-2H3,(H2,16,17,18). The van der Waals surface area contributed by atoms with E-state index in [1.165, 1.54) is 18.2 Å². The molecule has 1 rings (SSSR count). The van der Waals surface area contributed by atoms with E-state index in [-0.39, 0.29) is 16.6 Å². The first-order chi connectivity index (χ1) is 9.00. The van der Waals surface area contributed by atoms with E-state index in [0.29, 0.717) is 5.56 Å². The first-order valence-corrected chi connectivity index (χ1v) is 7.41. The molecule has 0 fully saturated rings. The molecular weight excluding hydrogens is 295 g/mol. The molecule has 0 amide bonds. The fraction of sp³-hybridized carbons (Fsp3) is 0.500. The third-order valence-corrected chi connectivity index (χ3v) is 3.49. The molecule has 0 spiro atoms. The van der Waals surface area contributed by atoms with Crippen LogP contribution in [0, 0.1) is 0 Å². The molecule has 0 heterocycles. The number of hydrogen-bond donors (Lipinski definition) is 1. The minimum absolute atomic E-state index is 0.0932. The zero-order chi connectivity index (χ0) is 15.6. The largest absolute Gasteiger partial charge is 0.493 e. The molecule has 0 aliphatic heterocycles. The van der Waals surface area contributed by atoms with Gasteiger partial charge in [0, 0.05) is 0 Å². The van der Waals surface area contributed by atoms with Gasteiger partial charge in [-0.15, -0.1) is 0 Å². The van der Waals surface area contributed by atoms with Gasteiger partial charge in [-0.1, -0.05) is 13.8 Å². The van der Waals surface area contributed by atoms with Crippen molar-refractivity contribution in [3.63, 3.8) is 0 Å². The zero-order valence-electron chi connectivity index (χ0n) is 11.1. The molecule has 2 N–H and O–H groups in total. The summed E-state index contributed by atoms with van der Waals surface area (Å²) in [5, 5.41) is 5.02. The van der Waals surface area contributed by atoms with E-state index < -0.39 is 29.2 Å². The Morgan fingerprint density at radius 1 is 1.30 bits per heavy atom. The average molecular weight is 311 g/mol. The summed E-state index contributed by atoms with van der Waals surface area (Å²) < 4.78 is 63.8. The van der Waals surface area contributed by atoms with Crippen molar-refractivity contribution in [1.82, 2.24) is 0 Å². The molecule has 0 aromatic heterocycles. The number of nitrogens with two attached hydrogens (primary N) is 1. The van der Waals surface area contributed by atoms with Crippen molar-refractivity contribution >= 4 is 10.0 Å². The average Bonchev–Trinajstić information content (AvgIpc) is 2.25. The molecule has 0 radical (unpaired) electrons. The number of halogens is 3. The molecule has 8 heteroatoms. The maximum Gasteiger partial charge on any atom is 0.392 e. The predicted octanol–water partition coefficient (Wildman–Crippen LogP) is 2.79. The van der Waals surface area contributed by atoms with Gasteiger partial charge in [0.05, 0.1) is 17.9 Å². The Morgan fingerprint density at radius 3 is 2.35 bits per heavy atom. The van der Waals surface area contributed by atoms with E-state index in [1.807, 2.05) is 0 Å². The zero-order valence-corrected chi connectivity index (χ0v) is 11.9. The molecular formula is C12H16F3NO3S. The predicted molar refractivity (Wildman–Crippen MR) is 68.1 cm³/mol. The van der Waals surface area contributed by atoms with Crippen LogP contribution in [0.25, 0.3) is 0 Å². The Labute approximate surface area is 115 Å². The molecule has 4 nitrogen and oxygen atoms in total. The van der Waals surface area contributed by atoms with Gasteiger partial charge in [-0.2, -0.15) is 13.2 Å². The number of ether oxygens (including phenoxy) is 1. The van der Waals surface area contributed by atoms with E-state index >= 15 is 0 Å². The summed E-state index contributed by atoms with van der Waals surface area (Å²) in [5.74, 6) is 0.120. The van der Waals surface area contributed by atoms with Gasteiger partial charge in [0.15, 0.2) is 0 Å². The molecule has 0 saturated carbocycles. The summed E-state index contributed by atoms with van der Waals surface area (Å²) in [6, 6.07) is 3.86. The van der Waals surface area contributed by atoms with Crippen LogP contribution in [0.5, 0.6) is 5.75 Å². The van der Waals surface area contributed by atoms with Crippen molar-refractivity contribution < 1.29 is 26.3 Å². The van der Waals surface area contributed by atoms with Crippen molar-refractivity contribution in [3.8, 4) is 5.75 Å². The summed E-state index contributed by atoms with van der Waals surface area (Å²) in [7, 11) is -3.85. The Hall–Kier alpha value is -1.28. The van der Waals surface area contributed by atoms with Gasteiger partial charge in [-0.05, 0) is 29.7 Å². The van der Waals surface area contributed by atoms with Gasteiger partial charge < -0.3 is 4.74 Å². The van der Waals surface area contributed by atoms with E-state index in [2.05, 4.69) is 0 Å². The van der Waals surface area contributed by atoms with Gasteiger partial charge in [0.1, 0.15) is 5.75 Å². The summed E-state index contributed by atoms with van der Waals surface area (Å²) >= 11 is 0. The highest BCUT2D eigenvalue weighted by Gasteiger charge is 2.27. The van der Waals surface area contributed by atoms with E-state index in [9.17, 15) is 21.6 Å². The first-order valence-electron chi connectivity index (χ1n) is 5.87. The van der Waals surface area contributed by atoms with Crippen LogP contribution in [-0.4, -0.2) is 21.2 Å². The lowest BCUT2D eigenvalue weighted by Gasteiger charge is -2.15. The quantitative estimate of drug-likeness (QED) is 0.909. The van der Waals surface area contributed by atoms with Crippen LogP contribution >= 0.6 is 0 Å². The van der Waals surface area contributed by atoms with Gasteiger partial charge in [0.2, 0.25) is 10.0 Å². The van der Waals surface area contributed by atoms with Crippen LogP contribution in [0.15, 0.2) is 23.1 Å². The molecule has 0 aliphatic rings. The minimum atomic E-state index is -4.29. The van der Waals surface area contributed by atoms with Crippen LogP contribution < -0.4 is 9.88 Å². The van der Waals surface area contributed by atoms with Crippen LogP contribution in [-0.2, 0) is 10.0 Å². The Morgan fingerprint density at radius 2 is 1.90 bits per heavy atom. The smallest absolute Gasteiger partial charge is 0.392 e. The summed E-state index contributed by atoms with van der Waals surface area (Å²) in [6.07, 6.45) is -5.36. The molecule has 0 unspecified atom stereocenters. The summed E-state index contributed by atoms with van der Waals surface area (Å²) in [5.41, 5.74) is 0.499. The summed E-state index contributed by atoms with van der Waals surface area (Å²) in [4.78, 5) is -0.0932. The summed E-state index contributed by atoms with van der Waals surface area (Å²) in [6.45, 7) is 3.04. The highest BCUT2D eigenvalue weighted by Crippen LogP contribution is 2.29. The van der Waals surface area contributed by atoms with Crippen molar-refractivity contribution in [2.45, 2.75) is 37.3 Å². The molecule has 0 aliphatic carbocycles. The van der Waals surface area contributed by atoms with E-state index in [4.69, 9.17) is 9.88 Å². The molecule has 114 valence electrons. The molecule has 1 aromatic carbocycles. The second kappa shape index (κ2) is 6.01. The van der Waals surface area contributed by atoms with E-state index in [1.54, 1.807) is 13.8 Å². The van der Waals surface area contributed by atoms with E-state index in [0.717, 1.165) is 0 Å². The monoisotopic (exact) mass is 311 g/mol. The van der Waals surface area contributed by atoms with Crippen LogP contribution in [0.3, 0.4) is 0 Å². The number of primary sulfonamides is 1. The van der Waals surface area contributed by atoms with Crippen molar-refractivity contribution in [1.29, 1.82) is 0 Å². The maximum atomic E-state index is 12.1. The number of alkyl halides is 3. The van der Waals surface area contributed by atoms with Crippen molar-refractivity contribution in [2.75, 3.05) is 6.61 Å². The number of hydrogen-bond acceptors (Lipinski definition) is 3. The SMILES string of the molecule is CC(C)c1cc(S(N)(=O)=O)ccc1OCCC(F)(F)F. The fourth-order valence-corrected chi connectivity index (χ4v) is 2.11. The van der Waals surface area contributed by atoms with Gasteiger partial charge >= 0.3 is 6.18 Å². The van der Waals surface area contributed by atoms with Gasteiger partial charge in [-0.25, -0.2) is 13.6 Å². The number of benzene rings is 1. The number of sulfonamides is 1. The van der Waals surface area contributed by atoms with Crippen LogP contribution in [0.4, 0.5) is 13.2 Å². The maximum absolute atomic E-state index is 12.1. The third kappa shape index (κ3) is 5.01. The van der Waals surface area contributed by atoms with Gasteiger partial charge in [0.25, 0.3) is 0 Å². The lowest BCUT2D eigenvalue weighted by Crippen LogP contribution is -2.15. The lowest BCUT2D eigenvalue weighted by atomic mass is 10.0. The highest BCUT2D eigenvalue weighted by molar-refractivity contribution is 7.89. The third-order valence-electron chi connectivity index (χ3n) is 2.57. The molecule has 0 atom stereocenters. The lowest BCUT2D eigenvalue weighted by molar-refractivity contribution is -0.139. The van der Waals surface area contributed by atoms with Crippen LogP contribution in [0.2, 0.25) is 0 Å². The first kappa shape index (κ1) is 16.8. The molecule has 0 bridgehead atoms. The van der Waals surface area contributed by atoms with Crippen LogP contribution in [0.1, 0.15) is 31.7 Å². The number of rotatable bonds is 5. The molecule has 20 heavy (non-hydrogen) atoms. The molecule has 0 saturated heterocycles. The van der Waals surface area contributed by atoms with Crippen molar-refractivity contribution in [3.05, 3.63) is 23.8 Å². The fourth-order valence-electron chi connectivity index (χ4n) is 1.56.